The smallest absolute Gasteiger partial charge is 0.113 e. The molecule has 3 saturated heterocycles. The van der Waals surface area contributed by atoms with Crippen molar-refractivity contribution in [2.24, 2.45) is 0 Å². The summed E-state index contributed by atoms with van der Waals surface area (Å²) in [4.78, 5) is 9.73. The summed E-state index contributed by atoms with van der Waals surface area (Å²) >= 11 is 0. The van der Waals surface area contributed by atoms with Crippen LogP contribution < -0.4 is 4.90 Å². The highest BCUT2D eigenvalue weighted by atomic mass is 16.5. The predicted octanol–water partition coefficient (Wildman–Crippen LogP) is 4.07. The van der Waals surface area contributed by atoms with Gasteiger partial charge in [-0.1, -0.05) is 17.3 Å². The van der Waals surface area contributed by atoms with Crippen LogP contribution in [0.2, 0.25) is 0 Å². The number of nitrogens with zero attached hydrogens (tertiary/aromatic N) is 6. The van der Waals surface area contributed by atoms with E-state index in [2.05, 4.69) is 68.5 Å². The minimum absolute atomic E-state index is 0.262. The Morgan fingerprint density at radius 1 is 1.12 bits per heavy atom. The number of hydrogen-bond donors (Lipinski definition) is 0. The summed E-state index contributed by atoms with van der Waals surface area (Å²) in [6.45, 7) is 8.14. The van der Waals surface area contributed by atoms with Crippen molar-refractivity contribution in [3.63, 3.8) is 0 Å². The molecule has 0 N–H and O–H groups in total. The molecule has 3 fully saturated rings. The Kier molecular flexibility index (Phi) is 5.83. The van der Waals surface area contributed by atoms with Crippen LogP contribution in [0.4, 0.5) is 5.69 Å². The number of ether oxygens (including phenoxy) is 1. The van der Waals surface area contributed by atoms with Gasteiger partial charge >= 0.3 is 0 Å². The molecule has 0 aliphatic carbocycles. The maximum Gasteiger partial charge on any atom is 0.113 e. The Balaban J connectivity index is 1.11. The van der Waals surface area contributed by atoms with Crippen molar-refractivity contribution in [2.45, 2.75) is 63.8 Å². The molecule has 0 amide bonds. The van der Waals surface area contributed by atoms with Crippen molar-refractivity contribution in [3.05, 3.63) is 60.0 Å². The fraction of sp³-hybridized carbons (Fsp3) is 0.519. The van der Waals surface area contributed by atoms with Gasteiger partial charge in [0.2, 0.25) is 0 Å². The Hall–Kier alpha value is -2.77. The molecule has 2 aromatic heterocycles. The van der Waals surface area contributed by atoms with E-state index >= 15 is 0 Å². The van der Waals surface area contributed by atoms with Gasteiger partial charge in [0.15, 0.2) is 0 Å². The Bertz CT molecular complexity index is 1120. The zero-order valence-electron chi connectivity index (χ0n) is 20.1. The van der Waals surface area contributed by atoms with Crippen LogP contribution in [0.15, 0.2) is 48.8 Å². The SMILES string of the molecule is Cc1cc(N2CC3(CCCN3Cc3ccccn3)C2)ccc1-c1cn(CC2CCCCO2)nn1. The molecule has 6 rings (SSSR count). The molecule has 7 nitrogen and oxygen atoms in total. The van der Waals surface area contributed by atoms with Gasteiger partial charge in [-0.05, 0) is 75.4 Å². The highest BCUT2D eigenvalue weighted by Crippen LogP contribution is 2.41. The van der Waals surface area contributed by atoms with E-state index in [1.807, 2.05) is 16.9 Å². The van der Waals surface area contributed by atoms with E-state index in [1.54, 1.807) is 0 Å². The van der Waals surface area contributed by atoms with Gasteiger partial charge in [-0.25, -0.2) is 4.68 Å². The van der Waals surface area contributed by atoms with Gasteiger partial charge in [0.05, 0.1) is 30.1 Å². The second kappa shape index (κ2) is 9.12. The highest BCUT2D eigenvalue weighted by Gasteiger charge is 2.50. The lowest BCUT2D eigenvalue weighted by Crippen LogP contribution is -2.67. The average molecular weight is 459 g/mol. The summed E-state index contributed by atoms with van der Waals surface area (Å²) in [7, 11) is 0. The molecule has 1 spiro atoms. The molecule has 5 heterocycles. The van der Waals surface area contributed by atoms with Gasteiger partial charge in [-0.3, -0.25) is 9.88 Å². The van der Waals surface area contributed by atoms with Crippen molar-refractivity contribution in [1.29, 1.82) is 0 Å². The van der Waals surface area contributed by atoms with Crippen LogP contribution in [0.5, 0.6) is 0 Å². The van der Waals surface area contributed by atoms with Gasteiger partial charge in [-0.2, -0.15) is 0 Å². The lowest BCUT2D eigenvalue weighted by atomic mass is 9.86. The van der Waals surface area contributed by atoms with Crippen LogP contribution in [0, 0.1) is 6.92 Å². The number of aryl methyl sites for hydroxylation is 1. The number of benzene rings is 1. The molecule has 7 heteroatoms. The molecule has 0 bridgehead atoms. The largest absolute Gasteiger partial charge is 0.376 e. The average Bonchev–Trinajstić information content (AvgIpc) is 3.47. The normalized spacial score (nSPS) is 22.3. The van der Waals surface area contributed by atoms with Crippen LogP contribution in [0.25, 0.3) is 11.3 Å². The lowest BCUT2D eigenvalue weighted by Gasteiger charge is -2.54. The maximum absolute atomic E-state index is 5.86. The topological polar surface area (TPSA) is 59.3 Å². The van der Waals surface area contributed by atoms with E-state index in [-0.39, 0.29) is 6.10 Å². The van der Waals surface area contributed by atoms with Gasteiger partial charge < -0.3 is 9.64 Å². The Morgan fingerprint density at radius 3 is 2.85 bits per heavy atom. The predicted molar refractivity (Wildman–Crippen MR) is 133 cm³/mol. The summed E-state index contributed by atoms with van der Waals surface area (Å²) in [5.74, 6) is 0. The first-order valence-corrected chi connectivity index (χ1v) is 12.7. The van der Waals surface area contributed by atoms with Gasteiger partial charge in [0.25, 0.3) is 0 Å². The maximum atomic E-state index is 5.86. The van der Waals surface area contributed by atoms with Crippen molar-refractivity contribution in [3.8, 4) is 11.3 Å². The number of likely N-dealkylation sites (tertiary alicyclic amines) is 1. The van der Waals surface area contributed by atoms with Crippen molar-refractivity contribution >= 4 is 5.69 Å². The summed E-state index contributed by atoms with van der Waals surface area (Å²) in [5, 5.41) is 8.83. The van der Waals surface area contributed by atoms with E-state index in [0.29, 0.717) is 5.54 Å². The van der Waals surface area contributed by atoms with Gasteiger partial charge in [-0.15, -0.1) is 5.10 Å². The third-order valence-corrected chi connectivity index (χ3v) is 7.84. The minimum Gasteiger partial charge on any atom is -0.376 e. The number of hydrogen-bond acceptors (Lipinski definition) is 6. The van der Waals surface area contributed by atoms with Gasteiger partial charge in [0.1, 0.15) is 5.69 Å². The number of rotatable bonds is 6. The molecular weight excluding hydrogens is 424 g/mol. The summed E-state index contributed by atoms with van der Waals surface area (Å²) in [6.07, 6.45) is 10.3. The molecule has 0 radical (unpaired) electrons. The summed E-state index contributed by atoms with van der Waals surface area (Å²) < 4.78 is 7.80. The van der Waals surface area contributed by atoms with Crippen LogP contribution in [-0.4, -0.2) is 62.8 Å². The van der Waals surface area contributed by atoms with Crippen LogP contribution in [-0.2, 0) is 17.8 Å². The number of pyridine rings is 1. The third kappa shape index (κ3) is 4.23. The Labute approximate surface area is 201 Å². The molecule has 178 valence electrons. The second-order valence-electron chi connectivity index (χ2n) is 10.2. The zero-order valence-corrected chi connectivity index (χ0v) is 20.1. The van der Waals surface area contributed by atoms with Crippen LogP contribution >= 0.6 is 0 Å². The van der Waals surface area contributed by atoms with Crippen molar-refractivity contribution in [2.75, 3.05) is 31.1 Å². The summed E-state index contributed by atoms with van der Waals surface area (Å²) in [5.41, 5.74) is 6.12. The van der Waals surface area contributed by atoms with Gasteiger partial charge in [0, 0.05) is 43.7 Å². The number of aromatic nitrogens is 4. The molecule has 0 saturated carbocycles. The Morgan fingerprint density at radius 2 is 2.06 bits per heavy atom. The first kappa shape index (κ1) is 21.7. The fourth-order valence-corrected chi connectivity index (χ4v) is 5.94. The lowest BCUT2D eigenvalue weighted by molar-refractivity contribution is 0.00370. The minimum atomic E-state index is 0.262. The molecule has 1 atom stereocenters. The zero-order chi connectivity index (χ0) is 23.0. The first-order valence-electron chi connectivity index (χ1n) is 12.7. The highest BCUT2D eigenvalue weighted by molar-refractivity contribution is 5.67. The fourth-order valence-electron chi connectivity index (χ4n) is 5.94. The first-order chi connectivity index (χ1) is 16.7. The molecule has 3 aliphatic heterocycles. The molecule has 34 heavy (non-hydrogen) atoms. The molecular formula is C27H34N6O. The summed E-state index contributed by atoms with van der Waals surface area (Å²) in [6, 6.07) is 13.0. The monoisotopic (exact) mass is 458 g/mol. The molecule has 1 unspecified atom stereocenters. The molecule has 3 aliphatic rings. The van der Waals surface area contributed by atoms with E-state index in [0.717, 1.165) is 50.5 Å². The molecule has 3 aromatic rings. The van der Waals surface area contributed by atoms with Crippen molar-refractivity contribution < 1.29 is 4.74 Å². The second-order valence-corrected chi connectivity index (χ2v) is 10.2. The van der Waals surface area contributed by atoms with E-state index in [4.69, 9.17) is 4.74 Å². The quantitative estimate of drug-likeness (QED) is 0.555. The number of anilines is 1. The van der Waals surface area contributed by atoms with E-state index < -0.39 is 0 Å². The van der Waals surface area contributed by atoms with E-state index in [1.165, 1.54) is 49.2 Å². The van der Waals surface area contributed by atoms with Crippen LogP contribution in [0.1, 0.15) is 43.4 Å². The van der Waals surface area contributed by atoms with Crippen LogP contribution in [0.3, 0.4) is 0 Å². The third-order valence-electron chi connectivity index (χ3n) is 7.84. The standard InChI is InChI=1S/C27H34N6O/c1-21-15-23(9-10-25(21)26-18-33(30-29-26)17-24-8-3-5-14-34-24)31-19-27(20-31)11-6-13-32(27)16-22-7-2-4-12-28-22/h2,4,7,9-10,12,15,18,24H,3,5-6,8,11,13-14,16-17,19-20H2,1H3. The molecule has 1 aromatic carbocycles. The van der Waals surface area contributed by atoms with Crippen molar-refractivity contribution in [1.82, 2.24) is 24.9 Å². The van der Waals surface area contributed by atoms with E-state index in [9.17, 15) is 0 Å².